The van der Waals surface area contributed by atoms with E-state index in [0.29, 0.717) is 15.8 Å². The molecule has 0 N–H and O–H groups in total. The molecule has 0 saturated carbocycles. The number of carbonyl (C=O) groups is 1. The molecule has 0 unspecified atom stereocenters. The third-order valence-electron chi connectivity index (χ3n) is 2.69. The first-order chi connectivity index (χ1) is 10.6. The molecule has 0 atom stereocenters. The Bertz CT molecular complexity index is 654. The summed E-state index contributed by atoms with van der Waals surface area (Å²) in [6.45, 7) is -0.0219. The molecule has 0 aliphatic carbocycles. The Morgan fingerprint density at radius 1 is 1.09 bits per heavy atom. The molecule has 3 nitrogen and oxygen atoms in total. The van der Waals surface area contributed by atoms with Gasteiger partial charge in [-0.2, -0.15) is 0 Å². The van der Waals surface area contributed by atoms with Crippen molar-refractivity contribution in [2.24, 2.45) is 0 Å². The van der Waals surface area contributed by atoms with Gasteiger partial charge in [0.25, 0.3) is 0 Å². The molecule has 5 heteroatoms. The summed E-state index contributed by atoms with van der Waals surface area (Å²) in [4.78, 5) is 11.6. The standard InChI is InChI=1S/C17H14Cl2O3/c18-14-8-9-16(15(19)11-14)22-12-17(20)21-10-4-7-13-5-2-1-3-6-13/h1-9,11H,10,12H2. The Morgan fingerprint density at radius 3 is 2.59 bits per heavy atom. The van der Waals surface area contributed by atoms with E-state index in [-0.39, 0.29) is 13.2 Å². The normalized spacial score (nSPS) is 10.6. The first-order valence-electron chi connectivity index (χ1n) is 6.60. The number of halogens is 2. The lowest BCUT2D eigenvalue weighted by molar-refractivity contribution is -0.144. The van der Waals surface area contributed by atoms with Crippen LogP contribution in [0.15, 0.2) is 54.6 Å². The summed E-state index contributed by atoms with van der Waals surface area (Å²) in [5.74, 6) is -0.0772. The zero-order valence-electron chi connectivity index (χ0n) is 11.7. The Balaban J connectivity index is 1.73. The van der Waals surface area contributed by atoms with Gasteiger partial charge in [-0.25, -0.2) is 4.79 Å². The Morgan fingerprint density at radius 2 is 1.86 bits per heavy atom. The Labute approximate surface area is 139 Å². The summed E-state index contributed by atoms with van der Waals surface area (Å²) in [5, 5.41) is 0.857. The smallest absolute Gasteiger partial charge is 0.344 e. The van der Waals surface area contributed by atoms with Crippen LogP contribution in [0, 0.1) is 0 Å². The van der Waals surface area contributed by atoms with Crippen molar-refractivity contribution in [3.63, 3.8) is 0 Å². The van der Waals surface area contributed by atoms with Gasteiger partial charge >= 0.3 is 5.97 Å². The second-order valence-corrected chi connectivity index (χ2v) is 5.20. The van der Waals surface area contributed by atoms with Gasteiger partial charge in [-0.15, -0.1) is 0 Å². The average molecular weight is 337 g/mol. The molecular formula is C17H14Cl2O3. The highest BCUT2D eigenvalue weighted by Crippen LogP contribution is 2.27. The number of esters is 1. The van der Waals surface area contributed by atoms with Gasteiger partial charge in [-0.1, -0.05) is 59.6 Å². The summed E-state index contributed by atoms with van der Waals surface area (Å²) >= 11 is 11.7. The summed E-state index contributed by atoms with van der Waals surface area (Å²) in [7, 11) is 0. The van der Waals surface area contributed by atoms with Crippen molar-refractivity contribution in [3.8, 4) is 5.75 Å². The zero-order chi connectivity index (χ0) is 15.8. The predicted molar refractivity (Wildman–Crippen MR) is 88.4 cm³/mol. The van der Waals surface area contributed by atoms with Crippen molar-refractivity contribution in [2.45, 2.75) is 0 Å². The number of carbonyl (C=O) groups excluding carboxylic acids is 1. The van der Waals surface area contributed by atoms with Crippen molar-refractivity contribution in [3.05, 3.63) is 70.2 Å². The highest BCUT2D eigenvalue weighted by Gasteiger charge is 2.06. The summed E-state index contributed by atoms with van der Waals surface area (Å²) in [6.07, 6.45) is 3.65. The van der Waals surface area contributed by atoms with E-state index in [2.05, 4.69) is 0 Å². The van der Waals surface area contributed by atoms with Gasteiger partial charge in [-0.05, 0) is 29.8 Å². The predicted octanol–water partition coefficient (Wildman–Crippen LogP) is 4.63. The fourth-order valence-electron chi connectivity index (χ4n) is 1.66. The molecular weight excluding hydrogens is 323 g/mol. The van der Waals surface area contributed by atoms with Crippen molar-refractivity contribution in [2.75, 3.05) is 13.2 Å². The molecule has 0 aliphatic heterocycles. The van der Waals surface area contributed by atoms with Gasteiger partial charge in [0.15, 0.2) is 6.61 Å². The van der Waals surface area contributed by atoms with E-state index in [4.69, 9.17) is 32.7 Å². The molecule has 2 rings (SSSR count). The molecule has 0 spiro atoms. The van der Waals surface area contributed by atoms with E-state index < -0.39 is 5.97 Å². The zero-order valence-corrected chi connectivity index (χ0v) is 13.2. The minimum Gasteiger partial charge on any atom is -0.480 e. The monoisotopic (exact) mass is 336 g/mol. The minimum atomic E-state index is -0.469. The lowest BCUT2D eigenvalue weighted by Crippen LogP contribution is -2.15. The second-order valence-electron chi connectivity index (χ2n) is 4.36. The summed E-state index contributed by atoms with van der Waals surface area (Å²) in [5.41, 5.74) is 1.04. The van der Waals surface area contributed by atoms with Gasteiger partial charge in [0.05, 0.1) is 5.02 Å². The molecule has 0 amide bonds. The molecule has 0 saturated heterocycles. The fourth-order valence-corrected chi connectivity index (χ4v) is 2.12. The molecule has 0 aromatic heterocycles. The van der Waals surface area contributed by atoms with Crippen LogP contribution in [0.4, 0.5) is 0 Å². The van der Waals surface area contributed by atoms with E-state index in [0.717, 1.165) is 5.56 Å². The van der Waals surface area contributed by atoms with E-state index in [1.807, 2.05) is 36.4 Å². The largest absolute Gasteiger partial charge is 0.480 e. The van der Waals surface area contributed by atoms with Gasteiger partial charge < -0.3 is 9.47 Å². The number of hydrogen-bond acceptors (Lipinski definition) is 3. The number of benzene rings is 2. The molecule has 0 fully saturated rings. The average Bonchev–Trinajstić information content (AvgIpc) is 2.52. The van der Waals surface area contributed by atoms with Gasteiger partial charge in [0.2, 0.25) is 0 Å². The maximum atomic E-state index is 11.6. The van der Waals surface area contributed by atoms with Crippen LogP contribution in [-0.2, 0) is 9.53 Å². The lowest BCUT2D eigenvalue weighted by atomic mass is 10.2. The fraction of sp³-hybridized carbons (Fsp3) is 0.118. The molecule has 0 bridgehead atoms. The topological polar surface area (TPSA) is 35.5 Å². The van der Waals surface area contributed by atoms with Crippen molar-refractivity contribution in [1.82, 2.24) is 0 Å². The molecule has 0 heterocycles. The maximum absolute atomic E-state index is 11.6. The van der Waals surface area contributed by atoms with Crippen LogP contribution in [0.1, 0.15) is 5.56 Å². The van der Waals surface area contributed by atoms with Crippen molar-refractivity contribution < 1.29 is 14.3 Å². The maximum Gasteiger partial charge on any atom is 0.344 e. The number of ether oxygens (including phenoxy) is 2. The highest BCUT2D eigenvalue weighted by molar-refractivity contribution is 6.35. The minimum absolute atomic E-state index is 0.186. The van der Waals surface area contributed by atoms with E-state index in [9.17, 15) is 4.79 Å². The van der Waals surface area contributed by atoms with Crippen LogP contribution >= 0.6 is 23.2 Å². The molecule has 114 valence electrons. The molecule has 0 radical (unpaired) electrons. The van der Waals surface area contributed by atoms with Crippen molar-refractivity contribution in [1.29, 1.82) is 0 Å². The Kier molecular flexibility index (Phi) is 6.31. The van der Waals surface area contributed by atoms with Gasteiger partial charge in [0, 0.05) is 5.02 Å². The van der Waals surface area contributed by atoms with Crippen LogP contribution in [0.5, 0.6) is 5.75 Å². The van der Waals surface area contributed by atoms with E-state index in [1.165, 1.54) is 0 Å². The molecule has 2 aromatic carbocycles. The first kappa shape index (κ1) is 16.4. The van der Waals surface area contributed by atoms with Crippen LogP contribution in [0.25, 0.3) is 6.08 Å². The molecule has 2 aromatic rings. The third kappa shape index (κ3) is 5.43. The van der Waals surface area contributed by atoms with Crippen LogP contribution in [0.3, 0.4) is 0 Å². The van der Waals surface area contributed by atoms with Gasteiger partial charge in [-0.3, -0.25) is 0 Å². The SMILES string of the molecule is O=C(COc1ccc(Cl)cc1Cl)OCC=Cc1ccccc1. The summed E-state index contributed by atoms with van der Waals surface area (Å²) < 4.78 is 10.3. The first-order valence-corrected chi connectivity index (χ1v) is 7.36. The van der Waals surface area contributed by atoms with Crippen molar-refractivity contribution >= 4 is 35.2 Å². The summed E-state index contributed by atoms with van der Waals surface area (Å²) in [6, 6.07) is 14.5. The van der Waals surface area contributed by atoms with E-state index >= 15 is 0 Å². The highest BCUT2D eigenvalue weighted by atomic mass is 35.5. The number of hydrogen-bond donors (Lipinski definition) is 0. The molecule has 22 heavy (non-hydrogen) atoms. The van der Waals surface area contributed by atoms with Crippen LogP contribution < -0.4 is 4.74 Å². The van der Waals surface area contributed by atoms with E-state index in [1.54, 1.807) is 24.3 Å². The van der Waals surface area contributed by atoms with Crippen LogP contribution in [-0.4, -0.2) is 19.2 Å². The number of rotatable bonds is 6. The third-order valence-corrected chi connectivity index (χ3v) is 3.22. The quantitative estimate of drug-likeness (QED) is 0.721. The van der Waals surface area contributed by atoms with Crippen LogP contribution in [0.2, 0.25) is 10.0 Å². The second kappa shape index (κ2) is 8.47. The Hall–Kier alpha value is -1.97. The lowest BCUT2D eigenvalue weighted by Gasteiger charge is -2.07. The van der Waals surface area contributed by atoms with Gasteiger partial charge in [0.1, 0.15) is 12.4 Å². The molecule has 0 aliphatic rings.